The Kier molecular flexibility index (Phi) is 8.46. The number of nitrogens with one attached hydrogen (secondary N) is 2. The van der Waals surface area contributed by atoms with Crippen LogP contribution in [0.25, 0.3) is 10.9 Å². The Morgan fingerprint density at radius 2 is 1.64 bits per heavy atom. The third-order valence-corrected chi connectivity index (χ3v) is 11.2. The summed E-state index contributed by atoms with van der Waals surface area (Å²) in [4.78, 5) is 36.3. The SMILES string of the molecule is Cc1[nH]c2ccccc2c1[C@H]1[C@@H](CC(=O)N(Cc2ccccc2F)C2(C(=O)Nc3ccc(N(C)C)cc3)CCSCC2)C1(C)C. The predicted molar refractivity (Wildman–Crippen MR) is 183 cm³/mol. The van der Waals surface area contributed by atoms with Crippen molar-refractivity contribution in [1.82, 2.24) is 9.88 Å². The van der Waals surface area contributed by atoms with E-state index in [1.807, 2.05) is 49.3 Å². The van der Waals surface area contributed by atoms with E-state index < -0.39 is 5.54 Å². The van der Waals surface area contributed by atoms with Gasteiger partial charge in [0.1, 0.15) is 11.4 Å². The number of aryl methyl sites for hydroxylation is 1. The minimum atomic E-state index is -1.09. The summed E-state index contributed by atoms with van der Waals surface area (Å²) >= 11 is 1.79. The Morgan fingerprint density at radius 3 is 2.33 bits per heavy atom. The molecule has 1 saturated carbocycles. The molecule has 2 atom stereocenters. The van der Waals surface area contributed by atoms with Gasteiger partial charge in [-0.1, -0.05) is 50.2 Å². The standard InChI is InChI=1S/C37H43FN4O2S/c1-24-33(28-11-7-9-13-31(28)39-24)34-29(36(34,2)3)22-32(43)42(23-25-10-6-8-12-30(25)38)37(18-20-45-21-19-37)35(44)40-26-14-16-27(17-15-26)41(4)5/h6-17,29,34,39H,18-23H2,1-5H3,(H,40,44)/t29-,34-/m1/s1. The molecule has 1 aliphatic heterocycles. The number of hydrogen-bond donors (Lipinski definition) is 2. The van der Waals surface area contributed by atoms with Gasteiger partial charge in [0.15, 0.2) is 0 Å². The highest BCUT2D eigenvalue weighted by Gasteiger charge is 2.60. The first-order chi connectivity index (χ1) is 21.5. The van der Waals surface area contributed by atoms with Crippen LogP contribution in [-0.2, 0) is 16.1 Å². The van der Waals surface area contributed by atoms with Gasteiger partial charge >= 0.3 is 0 Å². The summed E-state index contributed by atoms with van der Waals surface area (Å²) in [5, 5.41) is 4.34. The molecular weight excluding hydrogens is 583 g/mol. The third kappa shape index (κ3) is 5.85. The van der Waals surface area contributed by atoms with Crippen molar-refractivity contribution >= 4 is 45.9 Å². The van der Waals surface area contributed by atoms with Crippen LogP contribution < -0.4 is 10.2 Å². The predicted octanol–water partition coefficient (Wildman–Crippen LogP) is 7.74. The van der Waals surface area contributed by atoms with Crippen LogP contribution in [0.15, 0.2) is 72.8 Å². The van der Waals surface area contributed by atoms with Gasteiger partial charge in [0.05, 0.1) is 0 Å². The average Bonchev–Trinajstić information content (AvgIpc) is 3.37. The average molecular weight is 627 g/mol. The van der Waals surface area contributed by atoms with Crippen molar-refractivity contribution in [2.24, 2.45) is 11.3 Å². The Balaban J connectivity index is 1.33. The summed E-state index contributed by atoms with van der Waals surface area (Å²) in [7, 11) is 3.94. The lowest BCUT2D eigenvalue weighted by Gasteiger charge is -2.45. The minimum Gasteiger partial charge on any atom is -0.378 e. The number of rotatable bonds is 9. The van der Waals surface area contributed by atoms with Gasteiger partial charge in [0.2, 0.25) is 11.8 Å². The van der Waals surface area contributed by atoms with E-state index in [0.29, 0.717) is 30.5 Å². The molecule has 2 fully saturated rings. The number of amides is 2. The zero-order valence-electron chi connectivity index (χ0n) is 26.8. The number of thioether (sulfide) groups is 1. The molecule has 2 amide bonds. The number of para-hydroxylation sites is 1. The maximum atomic E-state index is 15.1. The smallest absolute Gasteiger partial charge is 0.250 e. The third-order valence-electron chi connectivity index (χ3n) is 10.2. The molecule has 6 nitrogen and oxygen atoms in total. The maximum absolute atomic E-state index is 15.1. The molecule has 236 valence electrons. The molecule has 2 N–H and O–H groups in total. The summed E-state index contributed by atoms with van der Waals surface area (Å²) in [5.41, 5.74) is 4.46. The van der Waals surface area contributed by atoms with Gasteiger partial charge in [-0.3, -0.25) is 9.59 Å². The number of aromatic nitrogens is 1. The minimum absolute atomic E-state index is 0.0487. The van der Waals surface area contributed by atoms with Crippen LogP contribution in [0.3, 0.4) is 0 Å². The van der Waals surface area contributed by atoms with Crippen molar-refractivity contribution in [3.8, 4) is 0 Å². The molecule has 2 aliphatic rings. The number of carbonyl (C=O) groups is 2. The topological polar surface area (TPSA) is 68.4 Å². The molecule has 1 saturated heterocycles. The van der Waals surface area contributed by atoms with Crippen molar-refractivity contribution in [2.75, 3.05) is 35.8 Å². The Hall–Kier alpha value is -3.78. The number of hydrogen-bond acceptors (Lipinski definition) is 4. The Morgan fingerprint density at radius 1 is 0.978 bits per heavy atom. The number of fused-ring (bicyclic) bond motifs is 1. The quantitative estimate of drug-likeness (QED) is 0.199. The largest absolute Gasteiger partial charge is 0.378 e. The zero-order chi connectivity index (χ0) is 31.9. The van der Waals surface area contributed by atoms with Gasteiger partial charge in [-0.2, -0.15) is 11.8 Å². The lowest BCUT2D eigenvalue weighted by molar-refractivity contribution is -0.147. The highest BCUT2D eigenvalue weighted by Crippen LogP contribution is 2.67. The van der Waals surface area contributed by atoms with E-state index in [1.165, 1.54) is 17.0 Å². The van der Waals surface area contributed by atoms with Crippen LogP contribution in [0, 0.1) is 24.1 Å². The Labute approximate surface area is 269 Å². The van der Waals surface area contributed by atoms with Gasteiger partial charge in [0, 0.05) is 60.6 Å². The molecule has 1 aliphatic carbocycles. The van der Waals surface area contributed by atoms with E-state index in [9.17, 15) is 9.59 Å². The van der Waals surface area contributed by atoms with Gasteiger partial charge in [-0.05, 0) is 90.5 Å². The van der Waals surface area contributed by atoms with E-state index in [0.717, 1.165) is 28.4 Å². The van der Waals surface area contributed by atoms with E-state index in [4.69, 9.17) is 0 Å². The zero-order valence-corrected chi connectivity index (χ0v) is 27.6. The summed E-state index contributed by atoms with van der Waals surface area (Å²) in [6.45, 7) is 6.62. The normalized spacial score (nSPS) is 20.0. The van der Waals surface area contributed by atoms with Crippen molar-refractivity contribution in [1.29, 1.82) is 0 Å². The number of carbonyl (C=O) groups excluding carboxylic acids is 2. The summed E-state index contributed by atoms with van der Waals surface area (Å²) in [6.07, 6.45) is 1.32. The molecule has 3 aromatic carbocycles. The number of anilines is 2. The Bertz CT molecular complexity index is 1710. The van der Waals surface area contributed by atoms with Crippen LogP contribution in [0.2, 0.25) is 0 Å². The monoisotopic (exact) mass is 626 g/mol. The number of benzene rings is 3. The fourth-order valence-electron chi connectivity index (χ4n) is 7.39. The van der Waals surface area contributed by atoms with Crippen molar-refractivity contribution in [2.45, 2.75) is 58.0 Å². The van der Waals surface area contributed by atoms with Crippen LogP contribution in [0.5, 0.6) is 0 Å². The molecular formula is C37H43FN4O2S. The van der Waals surface area contributed by atoms with E-state index in [-0.39, 0.29) is 41.4 Å². The molecule has 6 rings (SSSR count). The maximum Gasteiger partial charge on any atom is 0.250 e. The van der Waals surface area contributed by atoms with Gasteiger partial charge in [-0.15, -0.1) is 0 Å². The molecule has 45 heavy (non-hydrogen) atoms. The van der Waals surface area contributed by atoms with Gasteiger partial charge in [-0.25, -0.2) is 4.39 Å². The van der Waals surface area contributed by atoms with Crippen LogP contribution >= 0.6 is 11.8 Å². The first-order valence-electron chi connectivity index (χ1n) is 15.8. The molecule has 0 radical (unpaired) electrons. The number of nitrogens with zero attached hydrogens (tertiary/aromatic N) is 2. The van der Waals surface area contributed by atoms with Crippen molar-refractivity contribution in [3.05, 3.63) is 95.4 Å². The number of aromatic amines is 1. The molecule has 0 unspecified atom stereocenters. The lowest BCUT2D eigenvalue weighted by Crippen LogP contribution is -2.60. The second kappa shape index (κ2) is 12.2. The van der Waals surface area contributed by atoms with Gasteiger partial charge in [0.25, 0.3) is 0 Å². The van der Waals surface area contributed by atoms with Crippen LogP contribution in [0.1, 0.15) is 55.8 Å². The van der Waals surface area contributed by atoms with E-state index >= 15 is 4.39 Å². The van der Waals surface area contributed by atoms with Gasteiger partial charge < -0.3 is 20.1 Å². The highest BCUT2D eigenvalue weighted by molar-refractivity contribution is 7.99. The summed E-state index contributed by atoms with van der Waals surface area (Å²) < 4.78 is 15.1. The molecule has 2 heterocycles. The summed E-state index contributed by atoms with van der Waals surface area (Å²) in [5.74, 6) is 1.14. The lowest BCUT2D eigenvalue weighted by atomic mass is 9.87. The second-order valence-corrected chi connectivity index (χ2v) is 14.7. The first kappa shape index (κ1) is 31.2. The fraction of sp³-hybridized carbons (Fsp3) is 0.405. The van der Waals surface area contributed by atoms with E-state index in [2.05, 4.69) is 49.3 Å². The van der Waals surface area contributed by atoms with Crippen molar-refractivity contribution in [3.63, 3.8) is 0 Å². The second-order valence-electron chi connectivity index (χ2n) is 13.4. The van der Waals surface area contributed by atoms with E-state index in [1.54, 1.807) is 34.9 Å². The van der Waals surface area contributed by atoms with Crippen molar-refractivity contribution < 1.29 is 14.0 Å². The first-order valence-corrected chi connectivity index (χ1v) is 17.0. The molecule has 4 aromatic rings. The molecule has 1 aromatic heterocycles. The summed E-state index contributed by atoms with van der Waals surface area (Å²) in [6, 6.07) is 22.6. The molecule has 0 spiro atoms. The van der Waals surface area contributed by atoms with Crippen LogP contribution in [-0.4, -0.2) is 52.8 Å². The highest BCUT2D eigenvalue weighted by atomic mass is 32.2. The number of H-pyrrole nitrogens is 1. The number of halogens is 1. The fourth-order valence-corrected chi connectivity index (χ4v) is 8.56. The molecule has 0 bridgehead atoms. The molecule has 8 heteroatoms. The van der Waals surface area contributed by atoms with Crippen LogP contribution in [0.4, 0.5) is 15.8 Å².